The molecule has 2 aliphatic rings. The summed E-state index contributed by atoms with van der Waals surface area (Å²) < 4.78 is 0. The first kappa shape index (κ1) is 22.0. The number of rotatable bonds is 6. The fourth-order valence-corrected chi connectivity index (χ4v) is 4.39. The standard InChI is InChI=1S/C23H29N5O4/c29-15-19-2-1-9-28(19)22(30)18-5-3-17(4-6-18)20-13-26-21(14-24-20)25-12-16-7-10-27(11-8-16)23(31)32/h3-6,13-14,16,19,29H,1-2,7-12,15H2,(H,25,26)(H,31,32)/t19-/m1/s1. The van der Waals surface area contributed by atoms with Crippen molar-refractivity contribution in [1.29, 1.82) is 0 Å². The number of carboxylic acid groups (broad SMARTS) is 1. The Morgan fingerprint density at radius 3 is 2.41 bits per heavy atom. The van der Waals surface area contributed by atoms with Crippen molar-refractivity contribution >= 4 is 17.8 Å². The molecule has 2 aliphatic heterocycles. The molecule has 32 heavy (non-hydrogen) atoms. The molecule has 2 fully saturated rings. The van der Waals surface area contributed by atoms with Gasteiger partial charge in [-0.25, -0.2) is 9.78 Å². The number of amides is 2. The molecule has 4 rings (SSSR count). The van der Waals surface area contributed by atoms with Crippen molar-refractivity contribution in [3.63, 3.8) is 0 Å². The largest absolute Gasteiger partial charge is 0.465 e. The van der Waals surface area contributed by atoms with Crippen LogP contribution in [0.4, 0.5) is 10.6 Å². The molecule has 3 heterocycles. The predicted molar refractivity (Wildman–Crippen MR) is 119 cm³/mol. The van der Waals surface area contributed by atoms with Crippen molar-refractivity contribution in [2.45, 2.75) is 31.7 Å². The summed E-state index contributed by atoms with van der Waals surface area (Å²) >= 11 is 0. The number of aliphatic hydroxyl groups excluding tert-OH is 1. The van der Waals surface area contributed by atoms with Gasteiger partial charge in [-0.05, 0) is 43.7 Å². The number of piperidine rings is 1. The van der Waals surface area contributed by atoms with Crippen LogP contribution in [0.5, 0.6) is 0 Å². The van der Waals surface area contributed by atoms with Gasteiger partial charge in [-0.15, -0.1) is 0 Å². The van der Waals surface area contributed by atoms with Crippen LogP contribution in [0.3, 0.4) is 0 Å². The number of anilines is 1. The van der Waals surface area contributed by atoms with E-state index in [1.807, 2.05) is 12.1 Å². The molecule has 1 aromatic carbocycles. The Morgan fingerprint density at radius 1 is 1.03 bits per heavy atom. The third kappa shape index (κ3) is 4.99. The van der Waals surface area contributed by atoms with Gasteiger partial charge >= 0.3 is 6.09 Å². The number of hydrogen-bond acceptors (Lipinski definition) is 6. The van der Waals surface area contributed by atoms with Gasteiger partial charge in [0.2, 0.25) is 0 Å². The van der Waals surface area contributed by atoms with Gasteiger partial charge in [0.25, 0.3) is 5.91 Å². The minimum absolute atomic E-state index is 0.00131. The van der Waals surface area contributed by atoms with E-state index < -0.39 is 6.09 Å². The molecular formula is C23H29N5O4. The first-order valence-corrected chi connectivity index (χ1v) is 11.1. The van der Waals surface area contributed by atoms with Gasteiger partial charge in [-0.2, -0.15) is 0 Å². The van der Waals surface area contributed by atoms with E-state index in [-0.39, 0.29) is 18.6 Å². The molecule has 0 saturated carbocycles. The molecule has 0 bridgehead atoms. The van der Waals surface area contributed by atoms with Crippen LogP contribution < -0.4 is 5.32 Å². The van der Waals surface area contributed by atoms with Crippen LogP contribution >= 0.6 is 0 Å². The second-order valence-electron chi connectivity index (χ2n) is 8.44. The summed E-state index contributed by atoms with van der Waals surface area (Å²) in [5, 5.41) is 21.8. The first-order valence-electron chi connectivity index (χ1n) is 11.1. The van der Waals surface area contributed by atoms with E-state index in [9.17, 15) is 14.7 Å². The molecular weight excluding hydrogens is 410 g/mol. The van der Waals surface area contributed by atoms with Crippen molar-refractivity contribution in [2.24, 2.45) is 5.92 Å². The number of nitrogens with one attached hydrogen (secondary N) is 1. The summed E-state index contributed by atoms with van der Waals surface area (Å²) in [4.78, 5) is 35.8. The van der Waals surface area contributed by atoms with Gasteiger partial charge in [0, 0.05) is 37.3 Å². The van der Waals surface area contributed by atoms with Crippen molar-refractivity contribution < 1.29 is 19.8 Å². The fourth-order valence-electron chi connectivity index (χ4n) is 4.39. The highest BCUT2D eigenvalue weighted by atomic mass is 16.4. The van der Waals surface area contributed by atoms with E-state index >= 15 is 0 Å². The molecule has 1 aromatic heterocycles. The van der Waals surface area contributed by atoms with E-state index in [2.05, 4.69) is 15.3 Å². The molecule has 2 amide bonds. The Hall–Kier alpha value is -3.20. The van der Waals surface area contributed by atoms with E-state index in [1.165, 1.54) is 4.90 Å². The summed E-state index contributed by atoms with van der Waals surface area (Å²) in [5.74, 6) is 1.05. The van der Waals surface area contributed by atoms with Gasteiger partial charge in [0.15, 0.2) is 0 Å². The number of hydrogen-bond donors (Lipinski definition) is 3. The van der Waals surface area contributed by atoms with Crippen LogP contribution in [-0.4, -0.2) is 80.8 Å². The second-order valence-corrected chi connectivity index (χ2v) is 8.44. The number of likely N-dealkylation sites (tertiary alicyclic amines) is 2. The van der Waals surface area contributed by atoms with Crippen molar-refractivity contribution in [3.05, 3.63) is 42.2 Å². The maximum absolute atomic E-state index is 12.7. The Labute approximate surface area is 187 Å². The molecule has 0 spiro atoms. The summed E-state index contributed by atoms with van der Waals surface area (Å²) in [5.41, 5.74) is 2.20. The quantitative estimate of drug-likeness (QED) is 0.633. The molecule has 0 aliphatic carbocycles. The lowest BCUT2D eigenvalue weighted by Gasteiger charge is -2.30. The molecule has 170 valence electrons. The Bertz CT molecular complexity index is 926. The first-order chi connectivity index (χ1) is 15.5. The lowest BCUT2D eigenvalue weighted by molar-refractivity contribution is 0.0677. The molecule has 0 radical (unpaired) electrons. The van der Waals surface area contributed by atoms with Crippen LogP contribution in [-0.2, 0) is 0 Å². The summed E-state index contributed by atoms with van der Waals surface area (Å²) in [7, 11) is 0. The lowest BCUT2D eigenvalue weighted by atomic mass is 9.97. The Balaban J connectivity index is 1.31. The summed E-state index contributed by atoms with van der Waals surface area (Å²) in [6.07, 6.45) is 6.00. The zero-order valence-electron chi connectivity index (χ0n) is 18.0. The van der Waals surface area contributed by atoms with Gasteiger partial charge in [-0.1, -0.05) is 12.1 Å². The highest BCUT2D eigenvalue weighted by molar-refractivity contribution is 5.95. The van der Waals surface area contributed by atoms with Crippen molar-refractivity contribution in [1.82, 2.24) is 19.8 Å². The second kappa shape index (κ2) is 9.95. The Kier molecular flexibility index (Phi) is 6.84. The number of aromatic nitrogens is 2. The minimum Gasteiger partial charge on any atom is -0.465 e. The van der Waals surface area contributed by atoms with E-state index in [1.54, 1.807) is 29.4 Å². The maximum atomic E-state index is 12.7. The zero-order valence-corrected chi connectivity index (χ0v) is 18.0. The molecule has 9 heteroatoms. The van der Waals surface area contributed by atoms with E-state index in [4.69, 9.17) is 5.11 Å². The third-order valence-corrected chi connectivity index (χ3v) is 6.39. The summed E-state index contributed by atoms with van der Waals surface area (Å²) in [6.45, 7) is 2.57. The number of carbonyl (C=O) groups is 2. The minimum atomic E-state index is -0.847. The van der Waals surface area contributed by atoms with Crippen LogP contribution in [0.25, 0.3) is 11.3 Å². The van der Waals surface area contributed by atoms with Crippen LogP contribution in [0.1, 0.15) is 36.0 Å². The van der Waals surface area contributed by atoms with Gasteiger partial charge in [0.05, 0.1) is 30.7 Å². The lowest BCUT2D eigenvalue weighted by Crippen LogP contribution is -2.39. The molecule has 9 nitrogen and oxygen atoms in total. The Morgan fingerprint density at radius 2 is 1.78 bits per heavy atom. The third-order valence-electron chi connectivity index (χ3n) is 6.39. The molecule has 1 atom stereocenters. The SMILES string of the molecule is O=C(O)N1CCC(CNc2cnc(-c3ccc(C(=O)N4CCC[C@@H]4CO)cc3)cn2)CC1. The van der Waals surface area contributed by atoms with Crippen molar-refractivity contribution in [3.8, 4) is 11.3 Å². The van der Waals surface area contributed by atoms with Gasteiger partial charge < -0.3 is 25.3 Å². The normalized spacial score (nSPS) is 19.2. The number of aliphatic hydroxyl groups is 1. The molecule has 2 saturated heterocycles. The zero-order chi connectivity index (χ0) is 22.5. The number of benzene rings is 1. The molecule has 3 N–H and O–H groups in total. The molecule has 0 unspecified atom stereocenters. The fraction of sp³-hybridized carbons (Fsp3) is 0.478. The van der Waals surface area contributed by atoms with Gasteiger partial charge in [-0.3, -0.25) is 9.78 Å². The highest BCUT2D eigenvalue weighted by Gasteiger charge is 2.28. The maximum Gasteiger partial charge on any atom is 0.407 e. The number of nitrogens with zero attached hydrogens (tertiary/aromatic N) is 4. The highest BCUT2D eigenvalue weighted by Crippen LogP contribution is 2.23. The smallest absolute Gasteiger partial charge is 0.407 e. The average molecular weight is 440 g/mol. The van der Waals surface area contributed by atoms with Crippen molar-refractivity contribution in [2.75, 3.05) is 38.1 Å². The van der Waals surface area contributed by atoms with E-state index in [0.717, 1.165) is 43.5 Å². The number of carbonyl (C=O) groups excluding carboxylic acids is 1. The van der Waals surface area contributed by atoms with Crippen LogP contribution in [0.15, 0.2) is 36.7 Å². The van der Waals surface area contributed by atoms with Crippen LogP contribution in [0.2, 0.25) is 0 Å². The topological polar surface area (TPSA) is 119 Å². The summed E-state index contributed by atoms with van der Waals surface area (Å²) in [6, 6.07) is 7.23. The van der Waals surface area contributed by atoms with Crippen LogP contribution in [0, 0.1) is 5.92 Å². The van der Waals surface area contributed by atoms with Gasteiger partial charge in [0.1, 0.15) is 5.82 Å². The monoisotopic (exact) mass is 439 g/mol. The van der Waals surface area contributed by atoms with E-state index in [0.29, 0.717) is 36.9 Å². The average Bonchev–Trinajstić information content (AvgIpc) is 3.32. The predicted octanol–water partition coefficient (Wildman–Crippen LogP) is 2.54. The molecule has 2 aromatic rings.